The van der Waals surface area contributed by atoms with E-state index in [2.05, 4.69) is 11.2 Å². The maximum absolute atomic E-state index is 13.2. The molecule has 2 heterocycles. The molecule has 0 bridgehead atoms. The molecule has 2 aromatic rings. The van der Waals surface area contributed by atoms with Gasteiger partial charge in [0.1, 0.15) is 0 Å². The van der Waals surface area contributed by atoms with Gasteiger partial charge in [-0.2, -0.15) is 0 Å². The molecule has 2 aliphatic heterocycles. The highest BCUT2D eigenvalue weighted by atomic mass is 16.4. The lowest BCUT2D eigenvalue weighted by Gasteiger charge is -2.29. The van der Waals surface area contributed by atoms with Crippen molar-refractivity contribution in [3.63, 3.8) is 0 Å². The number of likely N-dealkylation sites (tertiary alicyclic amines) is 1. The molecule has 0 radical (unpaired) electrons. The molecule has 0 aromatic heterocycles. The zero-order valence-corrected chi connectivity index (χ0v) is 17.8. The summed E-state index contributed by atoms with van der Waals surface area (Å²) in [4.78, 5) is 39.4. The van der Waals surface area contributed by atoms with E-state index in [0.29, 0.717) is 5.56 Å². The highest BCUT2D eigenvalue weighted by Gasteiger charge is 2.68. The van der Waals surface area contributed by atoms with E-state index in [1.807, 2.05) is 54.6 Å². The topological polar surface area (TPSA) is 107 Å². The van der Waals surface area contributed by atoms with Gasteiger partial charge < -0.3 is 10.2 Å². The number of amides is 2. The smallest absolute Gasteiger partial charge is 0.327 e. The van der Waals surface area contributed by atoms with E-state index in [1.165, 1.54) is 0 Å². The molecular formula is C26H24N2O5. The molecule has 7 nitrogen and oxygen atoms in total. The van der Waals surface area contributed by atoms with Crippen molar-refractivity contribution in [3.05, 3.63) is 71.3 Å². The highest BCUT2D eigenvalue weighted by Crippen LogP contribution is 2.48. The van der Waals surface area contributed by atoms with E-state index >= 15 is 0 Å². The summed E-state index contributed by atoms with van der Waals surface area (Å²) in [6.45, 7) is -0.794. The van der Waals surface area contributed by atoms with Gasteiger partial charge in [-0.1, -0.05) is 66.7 Å². The summed E-state index contributed by atoms with van der Waals surface area (Å²) in [5.74, 6) is -2.21. The minimum Gasteiger partial charge on any atom is -0.480 e. The summed E-state index contributed by atoms with van der Waals surface area (Å²) >= 11 is 0. The Morgan fingerprint density at radius 2 is 1.70 bits per heavy atom. The van der Waals surface area contributed by atoms with Crippen molar-refractivity contribution in [3.8, 4) is 12.3 Å². The molecule has 2 amide bonds. The lowest BCUT2D eigenvalue weighted by molar-refractivity contribution is -0.153. The molecule has 3 N–H and O–H groups in total. The number of hydrogen-bond acceptors (Lipinski definition) is 5. The molecule has 2 fully saturated rings. The average Bonchev–Trinajstić information content (AvgIpc) is 3.31. The summed E-state index contributed by atoms with van der Waals surface area (Å²) in [5.41, 5.74) is 0.698. The van der Waals surface area contributed by atoms with Crippen molar-refractivity contribution in [2.45, 2.75) is 18.0 Å². The van der Waals surface area contributed by atoms with Crippen molar-refractivity contribution in [2.75, 3.05) is 13.2 Å². The first kappa shape index (κ1) is 22.5. The van der Waals surface area contributed by atoms with E-state index in [-0.39, 0.29) is 13.0 Å². The van der Waals surface area contributed by atoms with Crippen LogP contribution in [0, 0.1) is 24.2 Å². The molecule has 33 heavy (non-hydrogen) atoms. The number of carboxylic acids is 1. The number of nitrogens with zero attached hydrogens (tertiary/aromatic N) is 1. The molecule has 2 aromatic carbocycles. The fourth-order valence-corrected chi connectivity index (χ4v) is 4.73. The number of imide groups is 1. The van der Waals surface area contributed by atoms with Crippen LogP contribution in [0.5, 0.6) is 0 Å². The number of rotatable bonds is 7. The second-order valence-electron chi connectivity index (χ2n) is 8.25. The highest BCUT2D eigenvalue weighted by molar-refractivity contribution is 6.09. The van der Waals surface area contributed by atoms with Crippen LogP contribution < -0.4 is 5.32 Å². The number of aliphatic hydroxyl groups excluding tert-OH is 1. The van der Waals surface area contributed by atoms with Crippen LogP contribution in [0.2, 0.25) is 0 Å². The van der Waals surface area contributed by atoms with E-state index < -0.39 is 47.8 Å². The number of aliphatic carboxylic acids is 1. The number of nitrogens with one attached hydrogen (secondary N) is 1. The van der Waals surface area contributed by atoms with Crippen LogP contribution in [0.1, 0.15) is 29.2 Å². The fourth-order valence-electron chi connectivity index (χ4n) is 4.73. The van der Waals surface area contributed by atoms with Crippen molar-refractivity contribution in [2.24, 2.45) is 11.8 Å². The largest absolute Gasteiger partial charge is 0.480 e. The molecule has 2 aliphatic rings. The second kappa shape index (κ2) is 9.02. The first-order chi connectivity index (χ1) is 15.9. The van der Waals surface area contributed by atoms with Gasteiger partial charge in [-0.3, -0.25) is 24.6 Å². The van der Waals surface area contributed by atoms with Gasteiger partial charge in [0.25, 0.3) is 0 Å². The fraction of sp³-hybridized carbons (Fsp3) is 0.269. The minimum absolute atomic E-state index is 0.0260. The molecule has 168 valence electrons. The van der Waals surface area contributed by atoms with Crippen molar-refractivity contribution in [1.82, 2.24) is 10.2 Å². The van der Waals surface area contributed by atoms with Crippen molar-refractivity contribution in [1.29, 1.82) is 0 Å². The number of aliphatic hydroxyl groups is 1. The quantitative estimate of drug-likeness (QED) is 0.342. The Labute approximate surface area is 191 Å². The van der Waals surface area contributed by atoms with Gasteiger partial charge in [-0.25, -0.2) is 0 Å². The van der Waals surface area contributed by atoms with Gasteiger partial charge in [0.2, 0.25) is 11.8 Å². The van der Waals surface area contributed by atoms with Crippen LogP contribution in [0.3, 0.4) is 0 Å². The Hall–Kier alpha value is -3.73. The van der Waals surface area contributed by atoms with Gasteiger partial charge in [0.05, 0.1) is 18.4 Å². The maximum atomic E-state index is 13.2. The van der Waals surface area contributed by atoms with Crippen LogP contribution in [-0.2, 0) is 14.4 Å². The predicted octanol–water partition coefficient (Wildman–Crippen LogP) is 1.94. The van der Waals surface area contributed by atoms with Gasteiger partial charge in [0.15, 0.2) is 5.54 Å². The Kier molecular flexibility index (Phi) is 6.14. The molecule has 0 saturated carbocycles. The zero-order valence-electron chi connectivity index (χ0n) is 17.8. The number of fused-ring (bicyclic) bond motifs is 1. The van der Waals surface area contributed by atoms with Crippen LogP contribution in [0.4, 0.5) is 0 Å². The minimum atomic E-state index is -1.95. The lowest BCUT2D eigenvalue weighted by Crippen LogP contribution is -2.58. The number of hydrogen-bond donors (Lipinski definition) is 3. The molecule has 0 spiro atoms. The zero-order chi connectivity index (χ0) is 23.6. The summed E-state index contributed by atoms with van der Waals surface area (Å²) in [5, 5.41) is 22.8. The molecule has 7 heteroatoms. The van der Waals surface area contributed by atoms with Crippen LogP contribution in [0.15, 0.2) is 54.6 Å². The van der Waals surface area contributed by atoms with E-state index in [4.69, 9.17) is 6.42 Å². The van der Waals surface area contributed by atoms with Crippen molar-refractivity contribution >= 4 is 29.9 Å². The van der Waals surface area contributed by atoms with Gasteiger partial charge in [0, 0.05) is 19.0 Å². The second-order valence-corrected chi connectivity index (χ2v) is 8.25. The number of carbonyl (C=O) groups is 3. The molecule has 4 rings (SSSR count). The third kappa shape index (κ3) is 3.84. The Morgan fingerprint density at radius 3 is 2.27 bits per heavy atom. The van der Waals surface area contributed by atoms with E-state index in [9.17, 15) is 24.6 Å². The number of carboxylic acid groups (broad SMARTS) is 1. The normalized spacial score (nSPS) is 26.5. The third-order valence-corrected chi connectivity index (χ3v) is 6.42. The van der Waals surface area contributed by atoms with Crippen LogP contribution in [0.25, 0.3) is 12.2 Å². The van der Waals surface area contributed by atoms with Crippen LogP contribution >= 0.6 is 0 Å². The Bertz CT molecular complexity index is 1140. The van der Waals surface area contributed by atoms with Gasteiger partial charge in [-0.05, 0) is 16.7 Å². The van der Waals surface area contributed by atoms with Gasteiger partial charge >= 0.3 is 5.97 Å². The molecule has 2 saturated heterocycles. The third-order valence-electron chi connectivity index (χ3n) is 6.42. The molecular weight excluding hydrogens is 420 g/mol. The van der Waals surface area contributed by atoms with E-state index in [0.717, 1.165) is 16.0 Å². The average molecular weight is 444 g/mol. The maximum Gasteiger partial charge on any atom is 0.327 e. The first-order valence-corrected chi connectivity index (χ1v) is 10.7. The van der Waals surface area contributed by atoms with Crippen molar-refractivity contribution < 1.29 is 24.6 Å². The molecule has 0 aliphatic carbocycles. The molecule has 4 unspecified atom stereocenters. The summed E-state index contributed by atoms with van der Waals surface area (Å²) in [6.07, 6.45) is 9.39. The predicted molar refractivity (Wildman–Crippen MR) is 122 cm³/mol. The number of benzene rings is 2. The SMILES string of the molecule is C#CCCN1C(=O)C2C(c3ccc(/C=C/c4ccccc4)cc3)NC(CO)(C(=O)O)C2C1=O. The Morgan fingerprint density at radius 1 is 1.06 bits per heavy atom. The molecule has 4 atom stereocenters. The lowest BCUT2D eigenvalue weighted by atomic mass is 9.79. The Balaban J connectivity index is 1.65. The van der Waals surface area contributed by atoms with E-state index in [1.54, 1.807) is 12.1 Å². The number of carbonyl (C=O) groups excluding carboxylic acids is 2. The monoisotopic (exact) mass is 444 g/mol. The summed E-state index contributed by atoms with van der Waals surface area (Å²) in [6, 6.07) is 16.4. The summed E-state index contributed by atoms with van der Waals surface area (Å²) in [7, 11) is 0. The van der Waals surface area contributed by atoms with Crippen LogP contribution in [-0.4, -0.2) is 51.6 Å². The summed E-state index contributed by atoms with van der Waals surface area (Å²) < 4.78 is 0. The standard InChI is InChI=1S/C26H24N2O5/c1-2-3-15-28-23(30)20-21(24(28)31)26(16-29,25(32)33)27-22(20)19-13-11-18(12-14-19)10-9-17-7-5-4-6-8-17/h1,4-14,20-22,27,29H,3,15-16H2,(H,32,33)/b10-9+. The van der Waals surface area contributed by atoms with Gasteiger partial charge in [-0.15, -0.1) is 12.3 Å². The first-order valence-electron chi connectivity index (χ1n) is 10.7. The number of terminal acetylenes is 1.